The highest BCUT2D eigenvalue weighted by Gasteiger charge is 2.15. The normalized spacial score (nSPS) is 12.3. The van der Waals surface area contributed by atoms with Crippen molar-refractivity contribution >= 4 is 12.1 Å². The first-order chi connectivity index (χ1) is 12.7. The average molecular weight is 380 g/mol. The molecule has 0 heterocycles. The molecule has 7 heteroatoms. The van der Waals surface area contributed by atoms with Crippen LogP contribution in [-0.2, 0) is 16.0 Å². The maximum Gasteiger partial charge on any atom is 0.407 e. The third-order valence-electron chi connectivity index (χ3n) is 3.70. The molecule has 0 spiro atoms. The van der Waals surface area contributed by atoms with Gasteiger partial charge in [0.1, 0.15) is 17.4 Å². The number of rotatable bonds is 11. The molecule has 4 N–H and O–H groups in total. The van der Waals surface area contributed by atoms with Gasteiger partial charge in [-0.05, 0) is 57.7 Å². The fraction of sp³-hybridized carbons (Fsp3) is 0.600. The fourth-order valence-electron chi connectivity index (χ4n) is 2.34. The zero-order chi connectivity index (χ0) is 20.3. The van der Waals surface area contributed by atoms with Crippen molar-refractivity contribution in [2.45, 2.75) is 64.5 Å². The number of ether oxygens (including phenoxy) is 2. The van der Waals surface area contributed by atoms with Crippen molar-refractivity contribution in [1.29, 1.82) is 0 Å². The van der Waals surface area contributed by atoms with Crippen molar-refractivity contribution < 1.29 is 24.2 Å². The van der Waals surface area contributed by atoms with Crippen molar-refractivity contribution in [2.24, 2.45) is 5.73 Å². The molecular weight excluding hydrogens is 348 g/mol. The van der Waals surface area contributed by atoms with Crippen LogP contribution in [0, 0.1) is 0 Å². The summed E-state index contributed by atoms with van der Waals surface area (Å²) in [6, 6.07) is 6.44. The number of nitrogens with one attached hydrogen (secondary N) is 1. The largest absolute Gasteiger partial charge is 0.494 e. The molecular formula is C20H32N2O5. The number of aliphatic carboxylic acids is 1. The van der Waals surface area contributed by atoms with Crippen LogP contribution in [0.1, 0.15) is 52.0 Å². The number of alkyl carbamates (subject to hydrolysis) is 1. The molecule has 0 fully saturated rings. The Bertz CT molecular complexity index is 581. The molecule has 0 aliphatic heterocycles. The fourth-order valence-corrected chi connectivity index (χ4v) is 2.34. The third kappa shape index (κ3) is 11.1. The minimum absolute atomic E-state index is 0.299. The minimum Gasteiger partial charge on any atom is -0.494 e. The van der Waals surface area contributed by atoms with Gasteiger partial charge in [-0.2, -0.15) is 0 Å². The van der Waals surface area contributed by atoms with Gasteiger partial charge in [0.05, 0.1) is 6.61 Å². The number of amides is 1. The Morgan fingerprint density at radius 1 is 1.11 bits per heavy atom. The number of unbranched alkanes of at least 4 members (excludes halogenated alkanes) is 3. The van der Waals surface area contributed by atoms with Gasteiger partial charge in [-0.3, -0.25) is 4.79 Å². The SMILES string of the molecule is CC(C)(C)OC(=O)NCCCCCCOc1ccc(C[C@H](N)C(=O)O)cc1. The molecule has 1 aromatic rings. The van der Waals surface area contributed by atoms with E-state index in [2.05, 4.69) is 5.32 Å². The summed E-state index contributed by atoms with van der Waals surface area (Å²) in [5.41, 5.74) is 5.92. The molecule has 0 saturated heterocycles. The number of nitrogens with two attached hydrogens (primary N) is 1. The second-order valence-electron chi connectivity index (χ2n) is 7.48. The average Bonchev–Trinajstić information content (AvgIpc) is 2.57. The van der Waals surface area contributed by atoms with Crippen molar-refractivity contribution in [3.63, 3.8) is 0 Å². The van der Waals surface area contributed by atoms with Crippen LogP contribution in [0.3, 0.4) is 0 Å². The lowest BCUT2D eigenvalue weighted by molar-refractivity contribution is -0.138. The zero-order valence-electron chi connectivity index (χ0n) is 16.5. The number of benzene rings is 1. The predicted octanol–water partition coefficient (Wildman–Crippen LogP) is 3.10. The summed E-state index contributed by atoms with van der Waals surface area (Å²) in [4.78, 5) is 22.2. The van der Waals surface area contributed by atoms with E-state index in [1.165, 1.54) is 0 Å². The van der Waals surface area contributed by atoms with E-state index in [4.69, 9.17) is 20.3 Å². The summed E-state index contributed by atoms with van der Waals surface area (Å²) in [6.07, 6.45) is 3.77. The maximum atomic E-state index is 11.5. The van der Waals surface area contributed by atoms with Crippen LogP contribution in [0.5, 0.6) is 5.75 Å². The van der Waals surface area contributed by atoms with Crippen LogP contribution in [0.4, 0.5) is 4.79 Å². The molecule has 1 atom stereocenters. The van der Waals surface area contributed by atoms with E-state index in [1.54, 1.807) is 0 Å². The van der Waals surface area contributed by atoms with Crippen LogP contribution < -0.4 is 15.8 Å². The Morgan fingerprint density at radius 2 is 1.74 bits per heavy atom. The van der Waals surface area contributed by atoms with Crippen molar-refractivity contribution in [1.82, 2.24) is 5.32 Å². The van der Waals surface area contributed by atoms with Gasteiger partial charge < -0.3 is 25.6 Å². The van der Waals surface area contributed by atoms with E-state index in [0.29, 0.717) is 19.6 Å². The number of hydrogen-bond donors (Lipinski definition) is 3. The summed E-state index contributed by atoms with van der Waals surface area (Å²) in [7, 11) is 0. The number of hydrogen-bond acceptors (Lipinski definition) is 5. The van der Waals surface area contributed by atoms with E-state index in [-0.39, 0.29) is 6.09 Å². The van der Waals surface area contributed by atoms with E-state index in [0.717, 1.165) is 37.0 Å². The van der Waals surface area contributed by atoms with Crippen LogP contribution in [0.15, 0.2) is 24.3 Å². The van der Waals surface area contributed by atoms with Crippen molar-refractivity contribution in [3.05, 3.63) is 29.8 Å². The standard InChI is InChI=1S/C20H32N2O5/c1-20(2,3)27-19(25)22-12-6-4-5-7-13-26-16-10-8-15(9-11-16)14-17(21)18(23)24/h8-11,17H,4-7,12-14,21H2,1-3H3,(H,22,25)(H,23,24)/t17-/m0/s1. The molecule has 0 saturated carbocycles. The second kappa shape index (κ2) is 11.4. The van der Waals surface area contributed by atoms with Crippen molar-refractivity contribution in [3.8, 4) is 5.75 Å². The molecule has 0 aliphatic rings. The Kier molecular flexibility index (Phi) is 9.64. The molecule has 0 aliphatic carbocycles. The Balaban J connectivity index is 2.08. The summed E-state index contributed by atoms with van der Waals surface area (Å²) >= 11 is 0. The van der Waals surface area contributed by atoms with Crippen molar-refractivity contribution in [2.75, 3.05) is 13.2 Å². The number of carboxylic acid groups (broad SMARTS) is 1. The lowest BCUT2D eigenvalue weighted by atomic mass is 10.1. The van der Waals surface area contributed by atoms with Crippen LogP contribution in [0.25, 0.3) is 0 Å². The summed E-state index contributed by atoms with van der Waals surface area (Å²) < 4.78 is 10.8. The molecule has 1 rings (SSSR count). The van der Waals surface area contributed by atoms with Gasteiger partial charge in [0.2, 0.25) is 0 Å². The van der Waals surface area contributed by atoms with Gasteiger partial charge in [-0.1, -0.05) is 25.0 Å². The first-order valence-corrected chi connectivity index (χ1v) is 9.34. The molecule has 0 radical (unpaired) electrons. The Morgan fingerprint density at radius 3 is 2.33 bits per heavy atom. The lowest BCUT2D eigenvalue weighted by Crippen LogP contribution is -2.32. The van der Waals surface area contributed by atoms with E-state index in [1.807, 2.05) is 45.0 Å². The molecule has 152 valence electrons. The van der Waals surface area contributed by atoms with E-state index < -0.39 is 17.6 Å². The third-order valence-corrected chi connectivity index (χ3v) is 3.70. The minimum atomic E-state index is -1.00. The lowest BCUT2D eigenvalue weighted by Gasteiger charge is -2.19. The Labute approximate surface area is 161 Å². The topological polar surface area (TPSA) is 111 Å². The molecule has 1 amide bonds. The smallest absolute Gasteiger partial charge is 0.407 e. The number of carboxylic acids is 1. The highest BCUT2D eigenvalue weighted by molar-refractivity contribution is 5.73. The Hall–Kier alpha value is -2.28. The zero-order valence-corrected chi connectivity index (χ0v) is 16.5. The van der Waals surface area contributed by atoms with Crippen LogP contribution in [-0.4, -0.2) is 42.0 Å². The molecule has 0 aromatic heterocycles. The first-order valence-electron chi connectivity index (χ1n) is 9.34. The van der Waals surface area contributed by atoms with Gasteiger partial charge in [-0.25, -0.2) is 4.79 Å². The molecule has 1 aromatic carbocycles. The van der Waals surface area contributed by atoms with Gasteiger partial charge in [0, 0.05) is 6.54 Å². The van der Waals surface area contributed by atoms with Gasteiger partial charge in [0.25, 0.3) is 0 Å². The number of carbonyl (C=O) groups excluding carboxylic acids is 1. The predicted molar refractivity (Wildman–Crippen MR) is 104 cm³/mol. The summed E-state index contributed by atoms with van der Waals surface area (Å²) in [5, 5.41) is 11.6. The van der Waals surface area contributed by atoms with E-state index in [9.17, 15) is 9.59 Å². The van der Waals surface area contributed by atoms with Gasteiger partial charge in [-0.15, -0.1) is 0 Å². The quantitative estimate of drug-likeness (QED) is 0.509. The highest BCUT2D eigenvalue weighted by Crippen LogP contribution is 2.14. The summed E-state index contributed by atoms with van der Waals surface area (Å²) in [5.74, 6) is -0.245. The maximum absolute atomic E-state index is 11.5. The second-order valence-corrected chi connectivity index (χ2v) is 7.48. The first kappa shape index (κ1) is 22.8. The monoisotopic (exact) mass is 380 g/mol. The van der Waals surface area contributed by atoms with Crippen LogP contribution >= 0.6 is 0 Å². The molecule has 27 heavy (non-hydrogen) atoms. The summed E-state index contributed by atoms with van der Waals surface area (Å²) in [6.45, 7) is 6.74. The highest BCUT2D eigenvalue weighted by atomic mass is 16.6. The molecule has 0 bridgehead atoms. The number of carbonyl (C=O) groups is 2. The molecule has 0 unspecified atom stereocenters. The van der Waals surface area contributed by atoms with Gasteiger partial charge >= 0.3 is 12.1 Å². The molecule has 7 nitrogen and oxygen atoms in total. The van der Waals surface area contributed by atoms with E-state index >= 15 is 0 Å². The van der Waals surface area contributed by atoms with Crippen LogP contribution in [0.2, 0.25) is 0 Å². The van der Waals surface area contributed by atoms with Gasteiger partial charge in [0.15, 0.2) is 0 Å².